The molecular weight excluding hydrogens is 470 g/mol. The van der Waals surface area contributed by atoms with Gasteiger partial charge in [-0.25, -0.2) is 10.1 Å². The second-order valence-corrected chi connectivity index (χ2v) is 9.00. The largest absolute Gasteiger partial charge is 0.451 e. The number of hydrogen-bond acceptors (Lipinski definition) is 7. The second-order valence-electron chi connectivity index (χ2n) is 8.56. The summed E-state index contributed by atoms with van der Waals surface area (Å²) in [5.74, 6) is -0.256. The lowest BCUT2D eigenvalue weighted by molar-refractivity contribution is -0.129. The van der Waals surface area contributed by atoms with Crippen molar-refractivity contribution in [2.75, 3.05) is 16.9 Å². The number of para-hydroxylation sites is 1. The van der Waals surface area contributed by atoms with Crippen LogP contribution in [-0.4, -0.2) is 34.3 Å². The van der Waals surface area contributed by atoms with E-state index < -0.39 is 12.2 Å². The topological polar surface area (TPSA) is 116 Å². The fourth-order valence-electron chi connectivity index (χ4n) is 4.55. The zero-order valence-corrected chi connectivity index (χ0v) is 19.4. The van der Waals surface area contributed by atoms with Gasteiger partial charge in [0.1, 0.15) is 17.6 Å². The highest BCUT2D eigenvalue weighted by molar-refractivity contribution is 6.30. The summed E-state index contributed by atoms with van der Waals surface area (Å²) in [5, 5.41) is 17.1. The molecule has 3 atom stereocenters. The number of hydrazine groups is 1. The SMILES string of the molecule is Cc1cc(NC(=O)c2cc3ccccc3o2)n(C2NC(=O)C3CNN(c4cccc(Cl)c4)C3N2)n1. The normalized spacial score (nSPS) is 21.7. The van der Waals surface area contributed by atoms with Crippen LogP contribution in [0.3, 0.4) is 0 Å². The van der Waals surface area contributed by atoms with Gasteiger partial charge in [0.2, 0.25) is 5.91 Å². The molecule has 2 amide bonds. The van der Waals surface area contributed by atoms with Crippen LogP contribution in [0.15, 0.2) is 65.1 Å². The molecule has 3 unspecified atom stereocenters. The van der Waals surface area contributed by atoms with Crippen molar-refractivity contribution >= 4 is 45.9 Å². The summed E-state index contributed by atoms with van der Waals surface area (Å²) in [5.41, 5.74) is 5.41. The Labute approximate surface area is 205 Å². The Hall–Kier alpha value is -3.86. The fourth-order valence-corrected chi connectivity index (χ4v) is 4.73. The third-order valence-corrected chi connectivity index (χ3v) is 6.40. The van der Waals surface area contributed by atoms with Crippen molar-refractivity contribution in [1.82, 2.24) is 25.8 Å². The Kier molecular flexibility index (Phi) is 5.21. The van der Waals surface area contributed by atoms with E-state index in [9.17, 15) is 9.59 Å². The van der Waals surface area contributed by atoms with Crippen LogP contribution in [0, 0.1) is 12.8 Å². The molecule has 0 radical (unpaired) electrons. The molecule has 2 fully saturated rings. The second kappa shape index (κ2) is 8.42. The fraction of sp³-hybridized carbons (Fsp3) is 0.208. The maximum absolute atomic E-state index is 13.0. The monoisotopic (exact) mass is 491 g/mol. The first-order valence-electron chi connectivity index (χ1n) is 11.2. The van der Waals surface area contributed by atoms with E-state index in [4.69, 9.17) is 16.0 Å². The Morgan fingerprint density at radius 3 is 2.86 bits per heavy atom. The van der Waals surface area contributed by atoms with Crippen LogP contribution >= 0.6 is 11.6 Å². The number of aryl methyl sites for hydroxylation is 1. The zero-order chi connectivity index (χ0) is 24.1. The maximum Gasteiger partial charge on any atom is 0.292 e. The van der Waals surface area contributed by atoms with Gasteiger partial charge in [0, 0.05) is 23.0 Å². The summed E-state index contributed by atoms with van der Waals surface area (Å²) in [7, 11) is 0. The summed E-state index contributed by atoms with van der Waals surface area (Å²) in [6.45, 7) is 2.28. The summed E-state index contributed by atoms with van der Waals surface area (Å²) in [6, 6.07) is 18.2. The van der Waals surface area contributed by atoms with Crippen molar-refractivity contribution in [1.29, 1.82) is 0 Å². The smallest absolute Gasteiger partial charge is 0.292 e. The van der Waals surface area contributed by atoms with Crippen molar-refractivity contribution in [3.05, 3.63) is 77.1 Å². The van der Waals surface area contributed by atoms with Crippen molar-refractivity contribution in [2.24, 2.45) is 5.92 Å². The van der Waals surface area contributed by atoms with Crippen molar-refractivity contribution in [3.8, 4) is 0 Å². The molecule has 4 N–H and O–H groups in total. The third-order valence-electron chi connectivity index (χ3n) is 6.16. The number of nitrogens with one attached hydrogen (secondary N) is 4. The predicted octanol–water partition coefficient (Wildman–Crippen LogP) is 2.99. The van der Waals surface area contributed by atoms with Gasteiger partial charge in [0.05, 0.1) is 17.3 Å². The van der Waals surface area contributed by atoms with Crippen LogP contribution in [0.2, 0.25) is 5.02 Å². The maximum atomic E-state index is 13.0. The predicted molar refractivity (Wildman–Crippen MR) is 131 cm³/mol. The number of carbonyl (C=O) groups excluding carboxylic acids is 2. The van der Waals surface area contributed by atoms with E-state index in [-0.39, 0.29) is 23.8 Å². The van der Waals surface area contributed by atoms with Gasteiger partial charge in [-0.15, -0.1) is 0 Å². The van der Waals surface area contributed by atoms with E-state index >= 15 is 0 Å². The molecule has 2 aliphatic heterocycles. The molecule has 35 heavy (non-hydrogen) atoms. The number of rotatable bonds is 4. The Balaban J connectivity index is 1.27. The van der Waals surface area contributed by atoms with E-state index in [0.717, 1.165) is 11.1 Å². The van der Waals surface area contributed by atoms with Crippen molar-refractivity contribution < 1.29 is 14.0 Å². The van der Waals surface area contributed by atoms with E-state index in [1.165, 1.54) is 0 Å². The number of carbonyl (C=O) groups is 2. The first-order valence-corrected chi connectivity index (χ1v) is 11.5. The third kappa shape index (κ3) is 3.91. The van der Waals surface area contributed by atoms with Gasteiger partial charge in [-0.05, 0) is 37.3 Å². The van der Waals surface area contributed by atoms with Gasteiger partial charge < -0.3 is 15.1 Å². The van der Waals surface area contributed by atoms with E-state index in [2.05, 4.69) is 26.5 Å². The summed E-state index contributed by atoms with van der Waals surface area (Å²) < 4.78 is 7.24. The Bertz CT molecular complexity index is 1410. The van der Waals surface area contributed by atoms with Crippen LogP contribution < -0.4 is 26.4 Å². The molecule has 2 aliphatic rings. The quantitative estimate of drug-likeness (QED) is 0.347. The lowest BCUT2D eigenvalue weighted by atomic mass is 10.0. The molecule has 0 bridgehead atoms. The zero-order valence-electron chi connectivity index (χ0n) is 18.7. The van der Waals surface area contributed by atoms with Crippen LogP contribution in [-0.2, 0) is 4.79 Å². The van der Waals surface area contributed by atoms with Crippen LogP contribution in [0.25, 0.3) is 11.0 Å². The van der Waals surface area contributed by atoms with Gasteiger partial charge >= 0.3 is 0 Å². The molecule has 178 valence electrons. The van der Waals surface area contributed by atoms with Gasteiger partial charge in [-0.3, -0.25) is 19.9 Å². The number of anilines is 2. The number of amides is 2. The highest BCUT2D eigenvalue weighted by Crippen LogP contribution is 2.29. The molecule has 0 spiro atoms. The molecule has 10 nitrogen and oxygen atoms in total. The molecule has 2 saturated heterocycles. The molecule has 4 heterocycles. The number of benzene rings is 2. The number of halogens is 1. The van der Waals surface area contributed by atoms with Gasteiger partial charge in [0.15, 0.2) is 12.0 Å². The number of aromatic nitrogens is 2. The Morgan fingerprint density at radius 2 is 2.03 bits per heavy atom. The number of fused-ring (bicyclic) bond motifs is 2. The first-order chi connectivity index (χ1) is 17.0. The molecule has 2 aromatic heterocycles. The van der Waals surface area contributed by atoms with E-state index in [1.807, 2.05) is 48.3 Å². The van der Waals surface area contributed by atoms with E-state index in [0.29, 0.717) is 28.7 Å². The molecule has 2 aromatic carbocycles. The van der Waals surface area contributed by atoms with Crippen LogP contribution in [0.4, 0.5) is 11.5 Å². The molecular formula is C24H22ClN7O3. The minimum atomic E-state index is -0.690. The first kappa shape index (κ1) is 21.7. The average molecular weight is 492 g/mol. The molecule has 4 aromatic rings. The lowest BCUT2D eigenvalue weighted by Gasteiger charge is -2.37. The van der Waals surface area contributed by atoms with Gasteiger partial charge in [0.25, 0.3) is 5.91 Å². The molecule has 11 heteroatoms. The lowest BCUT2D eigenvalue weighted by Crippen LogP contribution is -2.61. The number of hydrogen-bond donors (Lipinski definition) is 4. The molecule has 0 saturated carbocycles. The standard InChI is InChI=1S/C24H22ClN7O3/c1-13-9-20(27-23(34)19-10-14-5-2-3-8-18(14)35-19)32(30-13)24-28-21-17(22(33)29-24)12-26-31(21)16-7-4-6-15(25)11-16/h2-11,17,21,24,26,28H,12H2,1H3,(H,27,34)(H,29,33). The van der Waals surface area contributed by atoms with Crippen LogP contribution in [0.1, 0.15) is 22.5 Å². The van der Waals surface area contributed by atoms with Crippen molar-refractivity contribution in [3.63, 3.8) is 0 Å². The minimum Gasteiger partial charge on any atom is -0.451 e. The highest BCUT2D eigenvalue weighted by atomic mass is 35.5. The van der Waals surface area contributed by atoms with Gasteiger partial charge in [-0.2, -0.15) is 5.10 Å². The minimum absolute atomic E-state index is 0.126. The van der Waals surface area contributed by atoms with E-state index in [1.54, 1.807) is 28.9 Å². The summed E-state index contributed by atoms with van der Waals surface area (Å²) in [4.78, 5) is 25.9. The van der Waals surface area contributed by atoms with Crippen LogP contribution in [0.5, 0.6) is 0 Å². The molecule has 0 aliphatic carbocycles. The number of furan rings is 1. The van der Waals surface area contributed by atoms with Crippen molar-refractivity contribution in [2.45, 2.75) is 19.4 Å². The number of nitrogens with zero attached hydrogens (tertiary/aromatic N) is 3. The highest BCUT2D eigenvalue weighted by Gasteiger charge is 2.45. The Morgan fingerprint density at radius 1 is 1.17 bits per heavy atom. The van der Waals surface area contributed by atoms with Gasteiger partial charge in [-0.1, -0.05) is 35.9 Å². The molecule has 6 rings (SSSR count). The summed E-state index contributed by atoms with van der Waals surface area (Å²) >= 11 is 6.18. The average Bonchev–Trinajstić information content (AvgIpc) is 3.55. The summed E-state index contributed by atoms with van der Waals surface area (Å²) in [6.07, 6.45) is -1.04.